The average Bonchev–Trinajstić information content (AvgIpc) is 2.65. The van der Waals surface area contributed by atoms with E-state index < -0.39 is 0 Å². The van der Waals surface area contributed by atoms with Gasteiger partial charge in [0.1, 0.15) is 0 Å². The summed E-state index contributed by atoms with van der Waals surface area (Å²) in [6.45, 7) is 4.84. The Kier molecular flexibility index (Phi) is 6.95. The van der Waals surface area contributed by atoms with Crippen molar-refractivity contribution >= 4 is 11.8 Å². The van der Waals surface area contributed by atoms with Crippen molar-refractivity contribution < 1.29 is 9.47 Å². The minimum absolute atomic E-state index is 0.239. The summed E-state index contributed by atoms with van der Waals surface area (Å²) in [6.07, 6.45) is 5.67. The first-order valence-electron chi connectivity index (χ1n) is 6.65. The number of nitrogens with zero attached hydrogens (tertiary/aromatic N) is 1. The zero-order valence-corrected chi connectivity index (χ0v) is 13.0. The third-order valence-electron chi connectivity index (χ3n) is 4.08. The van der Waals surface area contributed by atoms with E-state index in [-0.39, 0.29) is 11.8 Å². The SMILES string of the molecule is COC(OC)C(C)(CN)N1CCCC(SC)CC1. The normalized spacial score (nSPS) is 26.0. The van der Waals surface area contributed by atoms with Gasteiger partial charge in [0.15, 0.2) is 6.29 Å². The minimum atomic E-state index is -0.270. The van der Waals surface area contributed by atoms with Crippen molar-refractivity contribution in [2.75, 3.05) is 40.1 Å². The Balaban J connectivity index is 2.74. The van der Waals surface area contributed by atoms with Crippen molar-refractivity contribution in [2.45, 2.75) is 43.3 Å². The lowest BCUT2D eigenvalue weighted by atomic mass is 9.98. The zero-order chi connectivity index (χ0) is 13.6. The highest BCUT2D eigenvalue weighted by Gasteiger charge is 2.40. The lowest BCUT2D eigenvalue weighted by molar-refractivity contribution is -0.180. The highest BCUT2D eigenvalue weighted by atomic mass is 32.2. The van der Waals surface area contributed by atoms with E-state index in [1.165, 1.54) is 19.3 Å². The van der Waals surface area contributed by atoms with Crippen LogP contribution in [0.2, 0.25) is 0 Å². The van der Waals surface area contributed by atoms with Crippen LogP contribution >= 0.6 is 11.8 Å². The molecule has 0 amide bonds. The Morgan fingerprint density at radius 1 is 1.33 bits per heavy atom. The van der Waals surface area contributed by atoms with Gasteiger partial charge in [0.05, 0.1) is 5.54 Å². The van der Waals surface area contributed by atoms with Gasteiger partial charge in [-0.2, -0.15) is 11.8 Å². The van der Waals surface area contributed by atoms with Gasteiger partial charge < -0.3 is 15.2 Å². The molecule has 1 fully saturated rings. The Labute approximate surface area is 116 Å². The van der Waals surface area contributed by atoms with Crippen molar-refractivity contribution in [1.29, 1.82) is 0 Å². The van der Waals surface area contributed by atoms with Crippen LogP contribution in [0.1, 0.15) is 26.2 Å². The summed E-state index contributed by atoms with van der Waals surface area (Å²) < 4.78 is 10.9. The molecule has 0 aromatic rings. The maximum atomic E-state index is 6.00. The molecule has 1 saturated heterocycles. The number of methoxy groups -OCH3 is 2. The van der Waals surface area contributed by atoms with E-state index in [9.17, 15) is 0 Å². The molecule has 0 radical (unpaired) electrons. The fourth-order valence-corrected chi connectivity index (χ4v) is 3.53. The summed E-state index contributed by atoms with van der Waals surface area (Å²) in [5, 5.41) is 0.778. The van der Waals surface area contributed by atoms with E-state index in [0.29, 0.717) is 6.54 Å². The predicted octanol–water partition coefficient (Wildman–Crippen LogP) is 1.54. The van der Waals surface area contributed by atoms with E-state index in [1.807, 2.05) is 11.8 Å². The number of rotatable bonds is 6. The molecule has 18 heavy (non-hydrogen) atoms. The van der Waals surface area contributed by atoms with E-state index in [0.717, 1.165) is 18.3 Å². The molecule has 1 heterocycles. The molecule has 1 rings (SSSR count). The van der Waals surface area contributed by atoms with E-state index >= 15 is 0 Å². The van der Waals surface area contributed by atoms with E-state index in [1.54, 1.807) is 14.2 Å². The number of nitrogens with two attached hydrogens (primary N) is 1. The highest BCUT2D eigenvalue weighted by Crippen LogP contribution is 2.28. The third kappa shape index (κ3) is 3.61. The highest BCUT2D eigenvalue weighted by molar-refractivity contribution is 7.99. The second kappa shape index (κ2) is 7.70. The molecule has 0 saturated carbocycles. The molecule has 0 bridgehead atoms. The molecule has 0 spiro atoms. The molecule has 108 valence electrons. The number of hydrogen-bond acceptors (Lipinski definition) is 5. The van der Waals surface area contributed by atoms with Gasteiger partial charge in [-0.05, 0) is 45.5 Å². The van der Waals surface area contributed by atoms with Crippen molar-refractivity contribution in [3.05, 3.63) is 0 Å². The summed E-state index contributed by atoms with van der Waals surface area (Å²) in [4.78, 5) is 2.45. The van der Waals surface area contributed by atoms with Crippen LogP contribution in [0.15, 0.2) is 0 Å². The standard InChI is InChI=1S/C13H28N2O2S/c1-13(10-14,12(16-2)17-3)15-8-5-6-11(18-4)7-9-15/h11-12H,5-10,14H2,1-4H3. The topological polar surface area (TPSA) is 47.7 Å². The van der Waals surface area contributed by atoms with Gasteiger partial charge in [-0.15, -0.1) is 0 Å². The average molecular weight is 276 g/mol. The first-order chi connectivity index (χ1) is 8.62. The number of likely N-dealkylation sites (tertiary alicyclic amines) is 1. The van der Waals surface area contributed by atoms with Crippen molar-refractivity contribution in [3.8, 4) is 0 Å². The first kappa shape index (κ1) is 16.2. The lowest BCUT2D eigenvalue weighted by Crippen LogP contribution is -2.60. The predicted molar refractivity (Wildman–Crippen MR) is 78.0 cm³/mol. The van der Waals surface area contributed by atoms with Crippen LogP contribution in [-0.4, -0.2) is 62.1 Å². The Bertz CT molecular complexity index is 239. The fraction of sp³-hybridized carbons (Fsp3) is 1.00. The molecule has 5 heteroatoms. The zero-order valence-electron chi connectivity index (χ0n) is 12.1. The largest absolute Gasteiger partial charge is 0.354 e. The molecule has 2 atom stereocenters. The Morgan fingerprint density at radius 2 is 2.00 bits per heavy atom. The van der Waals surface area contributed by atoms with Crippen LogP contribution in [0, 0.1) is 0 Å². The first-order valence-corrected chi connectivity index (χ1v) is 7.94. The van der Waals surface area contributed by atoms with Crippen LogP contribution in [0.4, 0.5) is 0 Å². The van der Waals surface area contributed by atoms with Gasteiger partial charge >= 0.3 is 0 Å². The molecule has 4 nitrogen and oxygen atoms in total. The monoisotopic (exact) mass is 276 g/mol. The van der Waals surface area contributed by atoms with Crippen LogP contribution < -0.4 is 5.73 Å². The number of hydrogen-bond donors (Lipinski definition) is 1. The molecule has 0 aromatic heterocycles. The maximum Gasteiger partial charge on any atom is 0.176 e. The van der Waals surface area contributed by atoms with Gasteiger partial charge in [0.25, 0.3) is 0 Å². The van der Waals surface area contributed by atoms with Gasteiger partial charge in [0.2, 0.25) is 0 Å². The molecule has 2 N–H and O–H groups in total. The summed E-state index contributed by atoms with van der Waals surface area (Å²) in [5.41, 5.74) is 5.76. The van der Waals surface area contributed by atoms with E-state index in [4.69, 9.17) is 15.2 Å². The lowest BCUT2D eigenvalue weighted by Gasteiger charge is -2.44. The molecule has 1 aliphatic heterocycles. The molecular formula is C13H28N2O2S. The van der Waals surface area contributed by atoms with Crippen LogP contribution in [-0.2, 0) is 9.47 Å². The second-order valence-electron chi connectivity index (χ2n) is 5.14. The summed E-state index contributed by atoms with van der Waals surface area (Å²) >= 11 is 1.98. The number of thioether (sulfide) groups is 1. The van der Waals surface area contributed by atoms with Gasteiger partial charge in [0, 0.05) is 26.0 Å². The summed E-state index contributed by atoms with van der Waals surface area (Å²) in [5.74, 6) is 0. The summed E-state index contributed by atoms with van der Waals surface area (Å²) in [6, 6.07) is 0. The van der Waals surface area contributed by atoms with Crippen LogP contribution in [0.3, 0.4) is 0 Å². The smallest absolute Gasteiger partial charge is 0.176 e. The molecule has 1 aliphatic rings. The molecule has 2 unspecified atom stereocenters. The van der Waals surface area contributed by atoms with Crippen molar-refractivity contribution in [2.24, 2.45) is 5.73 Å². The molecular weight excluding hydrogens is 248 g/mol. The second-order valence-corrected chi connectivity index (χ2v) is 6.28. The Hall–Kier alpha value is 0.190. The third-order valence-corrected chi connectivity index (χ3v) is 5.22. The Morgan fingerprint density at radius 3 is 2.50 bits per heavy atom. The van der Waals surface area contributed by atoms with Gasteiger partial charge in [-0.1, -0.05) is 0 Å². The van der Waals surface area contributed by atoms with Crippen LogP contribution in [0.5, 0.6) is 0 Å². The molecule has 0 aromatic carbocycles. The fourth-order valence-electron chi connectivity index (χ4n) is 2.79. The van der Waals surface area contributed by atoms with Gasteiger partial charge in [-0.25, -0.2) is 0 Å². The van der Waals surface area contributed by atoms with Crippen LogP contribution in [0.25, 0.3) is 0 Å². The van der Waals surface area contributed by atoms with Crippen molar-refractivity contribution in [3.63, 3.8) is 0 Å². The number of ether oxygens (including phenoxy) is 2. The quantitative estimate of drug-likeness (QED) is 0.746. The summed E-state index contributed by atoms with van der Waals surface area (Å²) in [7, 11) is 3.37. The van der Waals surface area contributed by atoms with Gasteiger partial charge in [-0.3, -0.25) is 4.90 Å². The molecule has 0 aliphatic carbocycles. The minimum Gasteiger partial charge on any atom is -0.354 e. The van der Waals surface area contributed by atoms with Crippen molar-refractivity contribution in [1.82, 2.24) is 4.90 Å². The van der Waals surface area contributed by atoms with E-state index in [2.05, 4.69) is 18.1 Å². The maximum absolute atomic E-state index is 6.00.